The van der Waals surface area contributed by atoms with Crippen LogP contribution in [0.4, 0.5) is 0 Å². The number of aromatic nitrogens is 5. The summed E-state index contributed by atoms with van der Waals surface area (Å²) in [5, 5.41) is 14.0. The molecule has 0 fully saturated rings. The van der Waals surface area contributed by atoms with Crippen LogP contribution in [0.15, 0.2) is 12.4 Å². The Morgan fingerprint density at radius 1 is 1.43 bits per heavy atom. The van der Waals surface area contributed by atoms with E-state index in [0.29, 0.717) is 5.69 Å². The number of hydrogen-bond donors (Lipinski definition) is 2. The normalized spacial score (nSPS) is 12.3. The number of aromatic amines is 1. The standard InChI is InChI=1S/C14H22N6O/c1-4-6-11-8-12(19-18-11)14(21)17-10(3)13-15-9-16-20(13)7-5-2/h8-10H,4-7H2,1-3H3,(H,17,21)(H,18,19). The zero-order valence-corrected chi connectivity index (χ0v) is 12.8. The summed E-state index contributed by atoms with van der Waals surface area (Å²) in [7, 11) is 0. The Labute approximate surface area is 124 Å². The summed E-state index contributed by atoms with van der Waals surface area (Å²) >= 11 is 0. The molecule has 2 aromatic rings. The lowest BCUT2D eigenvalue weighted by Gasteiger charge is -2.13. The first-order valence-corrected chi connectivity index (χ1v) is 7.38. The minimum absolute atomic E-state index is 0.202. The van der Waals surface area contributed by atoms with Crippen molar-refractivity contribution in [2.75, 3.05) is 0 Å². The lowest BCUT2D eigenvalue weighted by atomic mass is 10.2. The van der Waals surface area contributed by atoms with Gasteiger partial charge < -0.3 is 5.32 Å². The van der Waals surface area contributed by atoms with Gasteiger partial charge in [-0.1, -0.05) is 20.3 Å². The summed E-state index contributed by atoms with van der Waals surface area (Å²) in [5.74, 6) is 0.557. The first-order chi connectivity index (χ1) is 10.2. The van der Waals surface area contributed by atoms with Gasteiger partial charge in [-0.15, -0.1) is 0 Å². The van der Waals surface area contributed by atoms with Crippen LogP contribution < -0.4 is 5.32 Å². The molecule has 7 nitrogen and oxygen atoms in total. The average molecular weight is 290 g/mol. The highest BCUT2D eigenvalue weighted by molar-refractivity contribution is 5.92. The molecule has 2 rings (SSSR count). The highest BCUT2D eigenvalue weighted by atomic mass is 16.2. The molecule has 0 aromatic carbocycles. The predicted molar refractivity (Wildman–Crippen MR) is 78.8 cm³/mol. The highest BCUT2D eigenvalue weighted by Gasteiger charge is 2.18. The first kappa shape index (κ1) is 15.2. The maximum absolute atomic E-state index is 12.2. The third-order valence-corrected chi connectivity index (χ3v) is 3.20. The van der Waals surface area contributed by atoms with Crippen LogP contribution in [0.5, 0.6) is 0 Å². The van der Waals surface area contributed by atoms with Gasteiger partial charge in [0.25, 0.3) is 5.91 Å². The molecule has 7 heteroatoms. The molecule has 2 N–H and O–H groups in total. The van der Waals surface area contributed by atoms with E-state index in [1.54, 1.807) is 6.07 Å². The van der Waals surface area contributed by atoms with E-state index >= 15 is 0 Å². The van der Waals surface area contributed by atoms with Crippen molar-refractivity contribution in [1.82, 2.24) is 30.3 Å². The van der Waals surface area contributed by atoms with E-state index in [0.717, 1.165) is 37.3 Å². The summed E-state index contributed by atoms with van der Waals surface area (Å²) in [6.45, 7) is 6.85. The average Bonchev–Trinajstić information content (AvgIpc) is 3.08. The second-order valence-corrected chi connectivity index (χ2v) is 5.06. The van der Waals surface area contributed by atoms with Crippen LogP contribution >= 0.6 is 0 Å². The molecule has 0 spiro atoms. The van der Waals surface area contributed by atoms with Gasteiger partial charge in [0, 0.05) is 12.2 Å². The second-order valence-electron chi connectivity index (χ2n) is 5.06. The van der Waals surface area contributed by atoms with E-state index in [4.69, 9.17) is 0 Å². The summed E-state index contributed by atoms with van der Waals surface area (Å²) < 4.78 is 1.82. The molecule has 2 heterocycles. The Morgan fingerprint density at radius 3 is 2.95 bits per heavy atom. The zero-order chi connectivity index (χ0) is 15.2. The van der Waals surface area contributed by atoms with Gasteiger partial charge >= 0.3 is 0 Å². The van der Waals surface area contributed by atoms with Gasteiger partial charge in [0.05, 0.1) is 6.04 Å². The Morgan fingerprint density at radius 2 is 2.24 bits per heavy atom. The molecule has 1 unspecified atom stereocenters. The smallest absolute Gasteiger partial charge is 0.272 e. The van der Waals surface area contributed by atoms with Gasteiger partial charge in [0.2, 0.25) is 0 Å². The largest absolute Gasteiger partial charge is 0.341 e. The lowest BCUT2D eigenvalue weighted by Crippen LogP contribution is -2.29. The van der Waals surface area contributed by atoms with Crippen LogP contribution in [0.3, 0.4) is 0 Å². The van der Waals surface area contributed by atoms with E-state index < -0.39 is 0 Å². The van der Waals surface area contributed by atoms with Gasteiger partial charge in [0.15, 0.2) is 0 Å². The molecule has 0 saturated heterocycles. The summed E-state index contributed by atoms with van der Waals surface area (Å²) in [6.07, 6.45) is 4.39. The number of hydrogen-bond acceptors (Lipinski definition) is 4. The van der Waals surface area contributed by atoms with E-state index in [2.05, 4.69) is 39.4 Å². The van der Waals surface area contributed by atoms with E-state index in [1.807, 2.05) is 11.6 Å². The first-order valence-electron chi connectivity index (χ1n) is 7.38. The number of rotatable bonds is 7. The SMILES string of the molecule is CCCc1cc(C(=O)NC(C)c2ncnn2CCC)n[nH]1. The third-order valence-electron chi connectivity index (χ3n) is 3.20. The minimum atomic E-state index is -0.210. The van der Waals surface area contributed by atoms with Crippen LogP contribution in [0, 0.1) is 0 Å². The van der Waals surface area contributed by atoms with E-state index in [-0.39, 0.29) is 11.9 Å². The van der Waals surface area contributed by atoms with Crippen LogP contribution in [0.25, 0.3) is 0 Å². The van der Waals surface area contributed by atoms with Crippen LogP contribution in [-0.4, -0.2) is 30.9 Å². The third kappa shape index (κ3) is 3.68. The molecule has 0 radical (unpaired) electrons. The fourth-order valence-electron chi connectivity index (χ4n) is 2.20. The number of nitrogens with zero attached hydrogens (tertiary/aromatic N) is 4. The number of carbonyl (C=O) groups is 1. The van der Waals surface area contributed by atoms with Gasteiger partial charge in [0.1, 0.15) is 17.8 Å². The van der Waals surface area contributed by atoms with Crippen LogP contribution in [0.1, 0.15) is 61.7 Å². The van der Waals surface area contributed by atoms with Crippen LogP contribution in [-0.2, 0) is 13.0 Å². The maximum Gasteiger partial charge on any atom is 0.272 e. The van der Waals surface area contributed by atoms with Crippen molar-refractivity contribution < 1.29 is 4.79 Å². The zero-order valence-electron chi connectivity index (χ0n) is 12.8. The highest BCUT2D eigenvalue weighted by Crippen LogP contribution is 2.10. The summed E-state index contributed by atoms with van der Waals surface area (Å²) in [4.78, 5) is 16.4. The number of nitrogens with one attached hydrogen (secondary N) is 2. The van der Waals surface area contributed by atoms with Crippen molar-refractivity contribution >= 4 is 5.91 Å². The lowest BCUT2D eigenvalue weighted by molar-refractivity contribution is 0.0932. The van der Waals surface area contributed by atoms with Gasteiger partial charge in [-0.05, 0) is 25.8 Å². The number of H-pyrrole nitrogens is 1. The van der Waals surface area contributed by atoms with Crippen molar-refractivity contribution in [1.29, 1.82) is 0 Å². The fraction of sp³-hybridized carbons (Fsp3) is 0.571. The number of amides is 1. The molecule has 0 bridgehead atoms. The molecule has 114 valence electrons. The maximum atomic E-state index is 12.2. The monoisotopic (exact) mass is 290 g/mol. The van der Waals surface area contributed by atoms with Gasteiger partial charge in [-0.2, -0.15) is 10.2 Å². The topological polar surface area (TPSA) is 88.5 Å². The van der Waals surface area contributed by atoms with Crippen molar-refractivity contribution in [3.63, 3.8) is 0 Å². The van der Waals surface area contributed by atoms with E-state index in [1.165, 1.54) is 6.33 Å². The molecule has 21 heavy (non-hydrogen) atoms. The van der Waals surface area contributed by atoms with E-state index in [9.17, 15) is 4.79 Å². The molecular formula is C14H22N6O. The molecule has 1 atom stereocenters. The number of aryl methyl sites for hydroxylation is 2. The van der Waals surface area contributed by atoms with Crippen molar-refractivity contribution in [2.24, 2.45) is 0 Å². The van der Waals surface area contributed by atoms with Gasteiger partial charge in [-0.3, -0.25) is 9.89 Å². The molecular weight excluding hydrogens is 268 g/mol. The van der Waals surface area contributed by atoms with Gasteiger partial charge in [-0.25, -0.2) is 9.67 Å². The Bertz CT molecular complexity index is 588. The second kappa shape index (κ2) is 7.01. The van der Waals surface area contributed by atoms with Crippen molar-refractivity contribution in [2.45, 2.75) is 52.6 Å². The molecule has 0 aliphatic heterocycles. The van der Waals surface area contributed by atoms with Crippen LogP contribution in [0.2, 0.25) is 0 Å². The van der Waals surface area contributed by atoms with Crippen molar-refractivity contribution in [3.05, 3.63) is 29.6 Å². The molecule has 2 aromatic heterocycles. The molecule has 0 aliphatic rings. The summed E-state index contributed by atoms with van der Waals surface area (Å²) in [5.41, 5.74) is 1.39. The minimum Gasteiger partial charge on any atom is -0.341 e. The summed E-state index contributed by atoms with van der Waals surface area (Å²) in [6, 6.07) is 1.58. The number of carbonyl (C=O) groups excluding carboxylic acids is 1. The predicted octanol–water partition coefficient (Wildman–Crippen LogP) is 1.85. The molecule has 0 saturated carbocycles. The Balaban J connectivity index is 2.02. The molecule has 1 amide bonds. The fourth-order valence-corrected chi connectivity index (χ4v) is 2.20. The Kier molecular flexibility index (Phi) is 5.08. The quantitative estimate of drug-likeness (QED) is 0.814. The molecule has 0 aliphatic carbocycles. The van der Waals surface area contributed by atoms with Crippen molar-refractivity contribution in [3.8, 4) is 0 Å². The Hall–Kier alpha value is -2.18.